The monoisotopic (exact) mass is 306 g/mol. The smallest absolute Gasteiger partial charge is 0.208 e. The number of rotatable bonds is 5. The molecule has 6 heteroatoms. The Hall–Kier alpha value is -1.79. The summed E-state index contributed by atoms with van der Waals surface area (Å²) in [5.41, 5.74) is 2.43. The van der Waals surface area contributed by atoms with E-state index >= 15 is 0 Å². The lowest BCUT2D eigenvalue weighted by molar-refractivity contribution is 0.447. The first-order chi connectivity index (χ1) is 10.0. The zero-order valence-electron chi connectivity index (χ0n) is 11.8. The van der Waals surface area contributed by atoms with Gasteiger partial charge in [0, 0.05) is 18.8 Å². The molecule has 1 aliphatic heterocycles. The number of para-hydroxylation sites is 1. The van der Waals surface area contributed by atoms with Crippen LogP contribution in [0.2, 0.25) is 0 Å². The van der Waals surface area contributed by atoms with Crippen LogP contribution in [0.1, 0.15) is 17.4 Å². The Kier molecular flexibility index (Phi) is 3.73. The van der Waals surface area contributed by atoms with Crippen molar-refractivity contribution in [1.29, 1.82) is 0 Å². The second-order valence-corrected chi connectivity index (χ2v) is 7.06. The first-order valence-electron chi connectivity index (χ1n) is 6.87. The van der Waals surface area contributed by atoms with Crippen LogP contribution in [-0.2, 0) is 16.4 Å². The molecule has 1 aliphatic rings. The lowest BCUT2D eigenvalue weighted by Gasteiger charge is -2.29. The number of benzene rings is 1. The number of nitrogens with zero attached hydrogens (tertiary/aromatic N) is 1. The molecule has 1 atom stereocenters. The first-order valence-corrected chi connectivity index (χ1v) is 8.76. The van der Waals surface area contributed by atoms with Crippen molar-refractivity contribution < 1.29 is 12.8 Å². The third kappa shape index (κ3) is 3.11. The van der Waals surface area contributed by atoms with E-state index in [1.165, 1.54) is 11.8 Å². The van der Waals surface area contributed by atoms with Crippen LogP contribution in [0.5, 0.6) is 0 Å². The van der Waals surface area contributed by atoms with Gasteiger partial charge in [-0.2, -0.15) is 0 Å². The van der Waals surface area contributed by atoms with E-state index in [4.69, 9.17) is 4.42 Å². The van der Waals surface area contributed by atoms with Crippen LogP contribution in [0.25, 0.3) is 0 Å². The van der Waals surface area contributed by atoms with Crippen molar-refractivity contribution in [1.82, 2.24) is 4.72 Å². The molecule has 1 aromatic carbocycles. The fraction of sp³-hybridized carbons (Fsp3) is 0.333. The standard InChI is InChI=1S/C15H18N2O3S/c1-21(18,19)16-11-14(15-7-4-10-20-15)17-9-8-12-5-2-3-6-13(12)17/h2-7,10,14,16H,8-9,11H2,1H3/t14-/m0/s1. The maximum atomic E-state index is 11.4. The third-order valence-corrected chi connectivity index (χ3v) is 4.40. The molecule has 2 aromatic rings. The Balaban J connectivity index is 1.90. The predicted octanol–water partition coefficient (Wildman–Crippen LogP) is 1.93. The summed E-state index contributed by atoms with van der Waals surface area (Å²) < 4.78 is 30.9. The highest BCUT2D eigenvalue weighted by atomic mass is 32.2. The predicted molar refractivity (Wildman–Crippen MR) is 81.8 cm³/mol. The molecule has 2 heterocycles. The minimum absolute atomic E-state index is 0.140. The van der Waals surface area contributed by atoms with E-state index in [0.29, 0.717) is 6.54 Å². The average molecular weight is 306 g/mol. The maximum Gasteiger partial charge on any atom is 0.208 e. The molecule has 0 aliphatic carbocycles. The quantitative estimate of drug-likeness (QED) is 0.917. The molecule has 0 fully saturated rings. The number of hydrogen-bond donors (Lipinski definition) is 1. The molecule has 0 bridgehead atoms. The van der Waals surface area contributed by atoms with E-state index in [2.05, 4.69) is 21.8 Å². The number of hydrogen-bond acceptors (Lipinski definition) is 4. The third-order valence-electron chi connectivity index (χ3n) is 3.71. The first kappa shape index (κ1) is 14.2. The Morgan fingerprint density at radius 2 is 2.10 bits per heavy atom. The van der Waals surface area contributed by atoms with E-state index in [1.54, 1.807) is 6.26 Å². The van der Waals surface area contributed by atoms with Gasteiger partial charge < -0.3 is 9.32 Å². The van der Waals surface area contributed by atoms with Crippen LogP contribution in [0.3, 0.4) is 0 Å². The van der Waals surface area contributed by atoms with Crippen molar-refractivity contribution >= 4 is 15.7 Å². The highest BCUT2D eigenvalue weighted by molar-refractivity contribution is 7.88. The zero-order chi connectivity index (χ0) is 14.9. The van der Waals surface area contributed by atoms with Gasteiger partial charge in [-0.15, -0.1) is 0 Å². The summed E-state index contributed by atoms with van der Waals surface area (Å²) >= 11 is 0. The SMILES string of the molecule is CS(=O)(=O)NC[C@@H](c1ccco1)N1CCc2ccccc21. The second kappa shape index (κ2) is 5.54. The zero-order valence-corrected chi connectivity index (χ0v) is 12.6. The Morgan fingerprint density at radius 1 is 1.29 bits per heavy atom. The number of sulfonamides is 1. The van der Waals surface area contributed by atoms with E-state index in [-0.39, 0.29) is 6.04 Å². The molecular weight excluding hydrogens is 288 g/mol. The molecule has 0 spiro atoms. The van der Waals surface area contributed by atoms with Crippen molar-refractivity contribution in [2.75, 3.05) is 24.2 Å². The summed E-state index contributed by atoms with van der Waals surface area (Å²) in [4.78, 5) is 2.20. The molecular formula is C15H18N2O3S. The summed E-state index contributed by atoms with van der Waals surface area (Å²) in [5.74, 6) is 0.767. The molecule has 1 aromatic heterocycles. The van der Waals surface area contributed by atoms with Crippen molar-refractivity contribution in [2.45, 2.75) is 12.5 Å². The summed E-state index contributed by atoms with van der Waals surface area (Å²) in [5, 5.41) is 0. The highest BCUT2D eigenvalue weighted by Gasteiger charge is 2.29. The van der Waals surface area contributed by atoms with Crippen LogP contribution in [-0.4, -0.2) is 27.8 Å². The molecule has 5 nitrogen and oxygen atoms in total. The van der Waals surface area contributed by atoms with E-state index in [0.717, 1.165) is 24.4 Å². The summed E-state index contributed by atoms with van der Waals surface area (Å²) in [6.45, 7) is 1.15. The Bertz CT molecular complexity index is 710. The Labute approximate surface area is 124 Å². The van der Waals surface area contributed by atoms with Crippen molar-refractivity contribution in [3.63, 3.8) is 0 Å². The molecule has 0 amide bonds. The minimum Gasteiger partial charge on any atom is -0.467 e. The van der Waals surface area contributed by atoms with E-state index < -0.39 is 10.0 Å². The minimum atomic E-state index is -3.24. The van der Waals surface area contributed by atoms with Crippen LogP contribution >= 0.6 is 0 Å². The maximum absolute atomic E-state index is 11.4. The number of nitrogens with one attached hydrogen (secondary N) is 1. The van der Waals surface area contributed by atoms with Gasteiger partial charge in [-0.3, -0.25) is 0 Å². The van der Waals surface area contributed by atoms with Crippen LogP contribution in [0.4, 0.5) is 5.69 Å². The van der Waals surface area contributed by atoms with Gasteiger partial charge in [0.15, 0.2) is 0 Å². The van der Waals surface area contributed by atoms with Crippen LogP contribution < -0.4 is 9.62 Å². The van der Waals surface area contributed by atoms with Crippen molar-refractivity contribution in [3.05, 3.63) is 54.0 Å². The molecule has 1 N–H and O–H groups in total. The van der Waals surface area contributed by atoms with Gasteiger partial charge in [-0.25, -0.2) is 13.1 Å². The van der Waals surface area contributed by atoms with E-state index in [9.17, 15) is 8.42 Å². The molecule has 112 valence electrons. The second-order valence-electron chi connectivity index (χ2n) is 5.22. The molecule has 3 rings (SSSR count). The highest BCUT2D eigenvalue weighted by Crippen LogP contribution is 2.34. The fourth-order valence-corrected chi connectivity index (χ4v) is 3.22. The van der Waals surface area contributed by atoms with Gasteiger partial charge in [0.05, 0.1) is 12.5 Å². The molecule has 21 heavy (non-hydrogen) atoms. The van der Waals surface area contributed by atoms with Gasteiger partial charge in [-0.05, 0) is 30.2 Å². The number of anilines is 1. The molecule has 0 saturated carbocycles. The lowest BCUT2D eigenvalue weighted by atomic mass is 10.1. The van der Waals surface area contributed by atoms with Gasteiger partial charge in [0.2, 0.25) is 10.0 Å². The van der Waals surface area contributed by atoms with E-state index in [1.807, 2.05) is 24.3 Å². The van der Waals surface area contributed by atoms with Gasteiger partial charge in [0.25, 0.3) is 0 Å². The summed E-state index contributed by atoms with van der Waals surface area (Å²) in [7, 11) is -3.24. The van der Waals surface area contributed by atoms with Crippen LogP contribution in [0.15, 0.2) is 47.1 Å². The summed E-state index contributed by atoms with van der Waals surface area (Å²) in [6.07, 6.45) is 3.75. The van der Waals surface area contributed by atoms with Gasteiger partial charge in [-0.1, -0.05) is 18.2 Å². The van der Waals surface area contributed by atoms with Gasteiger partial charge >= 0.3 is 0 Å². The van der Waals surface area contributed by atoms with Crippen LogP contribution in [0, 0.1) is 0 Å². The largest absolute Gasteiger partial charge is 0.467 e. The molecule has 0 saturated heterocycles. The number of furan rings is 1. The molecule has 0 radical (unpaired) electrons. The Morgan fingerprint density at radius 3 is 2.81 bits per heavy atom. The number of fused-ring (bicyclic) bond motifs is 1. The normalized spacial score (nSPS) is 16.0. The topological polar surface area (TPSA) is 62.6 Å². The summed E-state index contributed by atoms with van der Waals surface area (Å²) in [6, 6.07) is 11.8. The van der Waals surface area contributed by atoms with Gasteiger partial charge in [0.1, 0.15) is 11.8 Å². The lowest BCUT2D eigenvalue weighted by Crippen LogP contribution is -2.36. The van der Waals surface area contributed by atoms with Crippen molar-refractivity contribution in [3.8, 4) is 0 Å². The van der Waals surface area contributed by atoms with Crippen molar-refractivity contribution in [2.24, 2.45) is 0 Å². The molecule has 0 unspecified atom stereocenters. The average Bonchev–Trinajstić information content (AvgIpc) is 3.08. The fourth-order valence-electron chi connectivity index (χ4n) is 2.76.